The van der Waals surface area contributed by atoms with Gasteiger partial charge in [-0.05, 0) is 17.7 Å². The molecule has 0 amide bonds. The first-order chi connectivity index (χ1) is 11.2. The van der Waals surface area contributed by atoms with Crippen molar-refractivity contribution < 1.29 is 14.3 Å². The molecular formula is C19H15NO3. The van der Waals surface area contributed by atoms with Crippen molar-refractivity contribution in [2.45, 2.75) is 19.3 Å². The predicted octanol–water partition coefficient (Wildman–Crippen LogP) is 3.74. The third-order valence-corrected chi connectivity index (χ3v) is 4.30. The van der Waals surface area contributed by atoms with Crippen molar-refractivity contribution in [3.63, 3.8) is 0 Å². The molecule has 0 radical (unpaired) electrons. The van der Waals surface area contributed by atoms with Gasteiger partial charge in [-0.2, -0.15) is 0 Å². The lowest BCUT2D eigenvalue weighted by Crippen LogP contribution is -2.24. The molecule has 0 aliphatic carbocycles. The first-order valence-corrected chi connectivity index (χ1v) is 7.56. The van der Waals surface area contributed by atoms with Gasteiger partial charge >= 0.3 is 5.97 Å². The lowest BCUT2D eigenvalue weighted by atomic mass is 9.90. The smallest absolute Gasteiger partial charge is 0.312 e. The number of aromatic nitrogens is 1. The van der Waals surface area contributed by atoms with Crippen LogP contribution in [0.15, 0.2) is 54.6 Å². The van der Waals surface area contributed by atoms with Crippen molar-refractivity contribution in [1.29, 1.82) is 0 Å². The Balaban J connectivity index is 2.06. The van der Waals surface area contributed by atoms with Gasteiger partial charge in [-0.3, -0.25) is 14.2 Å². The zero-order valence-electron chi connectivity index (χ0n) is 12.7. The van der Waals surface area contributed by atoms with Gasteiger partial charge in [0.1, 0.15) is 0 Å². The minimum Gasteiger partial charge on any atom is -0.424 e. The fourth-order valence-electron chi connectivity index (χ4n) is 3.37. The molecule has 0 N–H and O–H groups in total. The summed E-state index contributed by atoms with van der Waals surface area (Å²) < 4.78 is 7.19. The lowest BCUT2D eigenvalue weighted by Gasteiger charge is -2.24. The molecule has 0 bridgehead atoms. The number of rotatable bonds is 1. The van der Waals surface area contributed by atoms with E-state index in [0.717, 1.165) is 22.2 Å². The largest absolute Gasteiger partial charge is 0.424 e. The minimum absolute atomic E-state index is 0.0821. The summed E-state index contributed by atoms with van der Waals surface area (Å²) >= 11 is 0. The zero-order chi connectivity index (χ0) is 16.0. The van der Waals surface area contributed by atoms with Gasteiger partial charge in [0, 0.05) is 18.2 Å². The van der Waals surface area contributed by atoms with Crippen molar-refractivity contribution in [3.8, 4) is 5.75 Å². The molecule has 0 unspecified atom stereocenters. The molecule has 2 heterocycles. The number of carbonyl (C=O) groups excluding carboxylic acids is 2. The first-order valence-electron chi connectivity index (χ1n) is 7.56. The van der Waals surface area contributed by atoms with Crippen LogP contribution in [-0.4, -0.2) is 16.4 Å². The van der Waals surface area contributed by atoms with Crippen LogP contribution in [0.2, 0.25) is 0 Å². The van der Waals surface area contributed by atoms with Crippen LogP contribution >= 0.6 is 0 Å². The van der Waals surface area contributed by atoms with E-state index in [-0.39, 0.29) is 24.2 Å². The number of fused-ring (bicyclic) bond motifs is 3. The van der Waals surface area contributed by atoms with Crippen LogP contribution in [0, 0.1) is 0 Å². The third-order valence-electron chi connectivity index (χ3n) is 4.30. The summed E-state index contributed by atoms with van der Waals surface area (Å²) in [7, 11) is 0. The van der Waals surface area contributed by atoms with Gasteiger partial charge in [-0.25, -0.2) is 0 Å². The number of carbonyl (C=O) groups is 2. The van der Waals surface area contributed by atoms with Crippen LogP contribution in [0.3, 0.4) is 0 Å². The maximum absolute atomic E-state index is 12.3. The lowest BCUT2D eigenvalue weighted by molar-refractivity contribution is -0.135. The van der Waals surface area contributed by atoms with Gasteiger partial charge in [0.2, 0.25) is 5.91 Å². The molecule has 23 heavy (non-hydrogen) atoms. The molecule has 4 rings (SSSR count). The van der Waals surface area contributed by atoms with Crippen LogP contribution in [0.1, 0.15) is 35.3 Å². The maximum atomic E-state index is 12.3. The van der Waals surface area contributed by atoms with E-state index >= 15 is 0 Å². The van der Waals surface area contributed by atoms with Crippen molar-refractivity contribution >= 4 is 22.8 Å². The molecule has 1 aliphatic rings. The monoisotopic (exact) mass is 305 g/mol. The van der Waals surface area contributed by atoms with E-state index in [1.54, 1.807) is 4.57 Å². The highest BCUT2D eigenvalue weighted by atomic mass is 16.5. The average Bonchev–Trinajstić information content (AvgIpc) is 2.89. The zero-order valence-corrected chi connectivity index (χ0v) is 12.7. The number of esters is 1. The maximum Gasteiger partial charge on any atom is 0.312 e. The summed E-state index contributed by atoms with van der Waals surface area (Å²) in [5.74, 6) is -0.0104. The molecule has 3 aromatic rings. The molecule has 0 spiro atoms. The summed E-state index contributed by atoms with van der Waals surface area (Å²) in [6.45, 7) is 1.53. The summed E-state index contributed by atoms with van der Waals surface area (Å²) in [5.41, 5.74) is 2.56. The van der Waals surface area contributed by atoms with E-state index in [1.165, 1.54) is 6.92 Å². The van der Waals surface area contributed by atoms with Crippen LogP contribution in [-0.2, 0) is 4.79 Å². The van der Waals surface area contributed by atoms with Gasteiger partial charge in [-0.1, -0.05) is 42.5 Å². The number of benzene rings is 2. The molecule has 0 fully saturated rings. The van der Waals surface area contributed by atoms with Crippen LogP contribution < -0.4 is 4.74 Å². The van der Waals surface area contributed by atoms with Gasteiger partial charge in [-0.15, -0.1) is 0 Å². The van der Waals surface area contributed by atoms with Crippen molar-refractivity contribution in [2.75, 3.05) is 0 Å². The van der Waals surface area contributed by atoms with E-state index in [0.29, 0.717) is 5.75 Å². The fraction of sp³-hybridized carbons (Fsp3) is 0.158. The Hall–Kier alpha value is -2.88. The molecule has 114 valence electrons. The third kappa shape index (κ3) is 2.06. The summed E-state index contributed by atoms with van der Waals surface area (Å²) in [4.78, 5) is 24.4. The Morgan fingerprint density at radius 1 is 1.09 bits per heavy atom. The first kappa shape index (κ1) is 13.8. The summed E-state index contributed by atoms with van der Waals surface area (Å²) in [6, 6.07) is 17.3. The standard InChI is InChI=1S/C19H15NO3/c1-12(21)20-16-10-6-5-9-14(16)19-18(20)15(11-17(22)23-19)13-7-3-2-4-8-13/h2-10,15H,11H2,1H3/t15-/m0/s1. The molecule has 1 aliphatic heterocycles. The molecule has 0 saturated carbocycles. The van der Waals surface area contributed by atoms with Crippen molar-refractivity contribution in [1.82, 2.24) is 4.57 Å². The average molecular weight is 305 g/mol. The quantitative estimate of drug-likeness (QED) is 0.643. The van der Waals surface area contributed by atoms with Crippen LogP contribution in [0.25, 0.3) is 10.9 Å². The second-order valence-corrected chi connectivity index (χ2v) is 5.73. The second kappa shape index (κ2) is 5.09. The minimum atomic E-state index is -0.266. The Morgan fingerprint density at radius 3 is 2.52 bits per heavy atom. The second-order valence-electron chi connectivity index (χ2n) is 5.73. The normalized spacial score (nSPS) is 16.9. The van der Waals surface area contributed by atoms with Crippen molar-refractivity contribution in [3.05, 3.63) is 65.9 Å². The number of ether oxygens (including phenoxy) is 1. The molecule has 1 atom stereocenters. The van der Waals surface area contributed by atoms with E-state index in [1.807, 2.05) is 54.6 Å². The highest BCUT2D eigenvalue weighted by Crippen LogP contribution is 2.44. The van der Waals surface area contributed by atoms with Crippen LogP contribution in [0.4, 0.5) is 0 Å². The van der Waals surface area contributed by atoms with Gasteiger partial charge in [0.05, 0.1) is 17.6 Å². The SMILES string of the molecule is CC(=O)n1c2c(c3ccccc31)OC(=O)C[C@H]2c1ccccc1. The molecular weight excluding hydrogens is 290 g/mol. The Morgan fingerprint density at radius 2 is 1.78 bits per heavy atom. The van der Waals surface area contributed by atoms with Crippen LogP contribution in [0.5, 0.6) is 5.75 Å². The topological polar surface area (TPSA) is 48.3 Å². The molecule has 4 nitrogen and oxygen atoms in total. The van der Waals surface area contributed by atoms with Gasteiger partial charge in [0.15, 0.2) is 5.75 Å². The number of hydrogen-bond acceptors (Lipinski definition) is 3. The van der Waals surface area contributed by atoms with E-state index in [9.17, 15) is 9.59 Å². The number of hydrogen-bond donors (Lipinski definition) is 0. The number of para-hydroxylation sites is 1. The Kier molecular flexibility index (Phi) is 3.05. The highest BCUT2D eigenvalue weighted by molar-refractivity contribution is 6.00. The Bertz CT molecular complexity index is 924. The van der Waals surface area contributed by atoms with E-state index in [4.69, 9.17) is 4.74 Å². The predicted molar refractivity (Wildman–Crippen MR) is 86.8 cm³/mol. The van der Waals surface area contributed by atoms with E-state index < -0.39 is 0 Å². The molecule has 4 heteroatoms. The van der Waals surface area contributed by atoms with Gasteiger partial charge in [0.25, 0.3) is 0 Å². The van der Waals surface area contributed by atoms with E-state index in [2.05, 4.69) is 0 Å². The fourth-order valence-corrected chi connectivity index (χ4v) is 3.37. The molecule has 1 aromatic heterocycles. The molecule has 0 saturated heterocycles. The summed E-state index contributed by atoms with van der Waals surface area (Å²) in [5, 5.41) is 0.798. The highest BCUT2D eigenvalue weighted by Gasteiger charge is 2.35. The Labute approximate surface area is 133 Å². The summed E-state index contributed by atoms with van der Waals surface area (Å²) in [6.07, 6.45) is 0.237. The number of nitrogens with zero attached hydrogens (tertiary/aromatic N) is 1. The molecule has 2 aromatic carbocycles. The van der Waals surface area contributed by atoms with Gasteiger partial charge < -0.3 is 4.74 Å². The van der Waals surface area contributed by atoms with Crippen molar-refractivity contribution in [2.24, 2.45) is 0 Å².